The largest absolute Gasteiger partial charge is 0.324 e. The number of unbranched alkanes of at least 4 members (excludes halogenated alkanes) is 2. The van der Waals surface area contributed by atoms with Crippen molar-refractivity contribution in [2.75, 3.05) is 0 Å². The second kappa shape index (κ2) is 6.65. The topological polar surface area (TPSA) is 38.9 Å². The molecule has 0 unspecified atom stereocenters. The lowest BCUT2D eigenvalue weighted by Gasteiger charge is -2.15. The predicted octanol–water partition coefficient (Wildman–Crippen LogP) is 4.62. The lowest BCUT2D eigenvalue weighted by Crippen LogP contribution is -2.12. The number of pyridine rings is 1. The molecule has 0 fully saturated rings. The standard InChI is InChI=1S/C11H15Cl3N2/c1-2-3-4-5-8(15)9-7(12)6-16-11(14)10(9)13/h6,8H,2-5,15H2,1H3/t8-/m0/s1. The number of rotatable bonds is 5. The van der Waals surface area contributed by atoms with Gasteiger partial charge in [0.1, 0.15) is 5.15 Å². The molecule has 90 valence electrons. The highest BCUT2D eigenvalue weighted by Gasteiger charge is 2.17. The van der Waals surface area contributed by atoms with E-state index in [-0.39, 0.29) is 11.2 Å². The third kappa shape index (κ3) is 3.49. The smallest absolute Gasteiger partial charge is 0.148 e. The third-order valence-electron chi connectivity index (χ3n) is 2.46. The molecule has 0 aromatic carbocycles. The summed E-state index contributed by atoms with van der Waals surface area (Å²) >= 11 is 17.9. The van der Waals surface area contributed by atoms with E-state index in [4.69, 9.17) is 40.5 Å². The highest BCUT2D eigenvalue weighted by molar-refractivity contribution is 6.43. The zero-order valence-electron chi connectivity index (χ0n) is 9.14. The van der Waals surface area contributed by atoms with Gasteiger partial charge in [-0.25, -0.2) is 4.98 Å². The Hall–Kier alpha value is -0.0200. The first-order valence-electron chi connectivity index (χ1n) is 5.32. The van der Waals surface area contributed by atoms with Crippen LogP contribution in [0.15, 0.2) is 6.20 Å². The number of hydrogen-bond donors (Lipinski definition) is 1. The van der Waals surface area contributed by atoms with Crippen molar-refractivity contribution in [3.05, 3.63) is 27.0 Å². The Kier molecular flexibility index (Phi) is 5.84. The summed E-state index contributed by atoms with van der Waals surface area (Å²) < 4.78 is 0. The van der Waals surface area contributed by atoms with E-state index in [1.54, 1.807) is 0 Å². The van der Waals surface area contributed by atoms with Crippen molar-refractivity contribution in [3.63, 3.8) is 0 Å². The Morgan fingerprint density at radius 2 is 2.00 bits per heavy atom. The van der Waals surface area contributed by atoms with E-state index in [2.05, 4.69) is 11.9 Å². The fourth-order valence-electron chi connectivity index (χ4n) is 1.55. The molecule has 0 amide bonds. The van der Waals surface area contributed by atoms with Crippen molar-refractivity contribution in [1.82, 2.24) is 4.98 Å². The number of nitrogens with zero attached hydrogens (tertiary/aromatic N) is 1. The second-order valence-corrected chi connectivity index (χ2v) is 4.87. The van der Waals surface area contributed by atoms with Gasteiger partial charge in [0.25, 0.3) is 0 Å². The Bertz CT molecular complexity index is 355. The molecule has 2 N–H and O–H groups in total. The summed E-state index contributed by atoms with van der Waals surface area (Å²) in [6.45, 7) is 2.15. The minimum absolute atomic E-state index is 0.174. The third-order valence-corrected chi connectivity index (χ3v) is 3.52. The number of aromatic nitrogens is 1. The summed E-state index contributed by atoms with van der Waals surface area (Å²) in [4.78, 5) is 3.86. The quantitative estimate of drug-likeness (QED) is 0.631. The Morgan fingerprint density at radius 3 is 2.62 bits per heavy atom. The maximum Gasteiger partial charge on any atom is 0.148 e. The van der Waals surface area contributed by atoms with Gasteiger partial charge in [-0.2, -0.15) is 0 Å². The maximum absolute atomic E-state index is 6.05. The average Bonchev–Trinajstić information content (AvgIpc) is 2.24. The van der Waals surface area contributed by atoms with Gasteiger partial charge in [0.15, 0.2) is 0 Å². The van der Waals surface area contributed by atoms with Gasteiger partial charge in [-0.1, -0.05) is 61.0 Å². The van der Waals surface area contributed by atoms with Gasteiger partial charge in [0.2, 0.25) is 0 Å². The molecule has 0 saturated heterocycles. The van der Waals surface area contributed by atoms with Crippen LogP contribution in [-0.2, 0) is 0 Å². The van der Waals surface area contributed by atoms with E-state index in [0.29, 0.717) is 15.6 Å². The highest BCUT2D eigenvalue weighted by atomic mass is 35.5. The molecule has 0 saturated carbocycles. The first-order chi connectivity index (χ1) is 7.57. The SMILES string of the molecule is CCCCC[C@H](N)c1c(Cl)cnc(Cl)c1Cl. The van der Waals surface area contributed by atoms with Crippen LogP contribution < -0.4 is 5.73 Å². The highest BCUT2D eigenvalue weighted by Crippen LogP contribution is 2.34. The molecule has 0 aliphatic rings. The van der Waals surface area contributed by atoms with Crippen LogP contribution in [-0.4, -0.2) is 4.98 Å². The molecule has 0 bridgehead atoms. The molecule has 0 spiro atoms. The van der Waals surface area contributed by atoms with E-state index in [1.165, 1.54) is 6.20 Å². The summed E-state index contributed by atoms with van der Waals surface area (Å²) in [5.74, 6) is 0. The lowest BCUT2D eigenvalue weighted by molar-refractivity contribution is 0.581. The molecule has 1 atom stereocenters. The molecule has 0 aliphatic heterocycles. The van der Waals surface area contributed by atoms with Crippen molar-refractivity contribution >= 4 is 34.8 Å². The minimum atomic E-state index is -0.174. The minimum Gasteiger partial charge on any atom is -0.324 e. The van der Waals surface area contributed by atoms with Gasteiger partial charge in [-0.3, -0.25) is 0 Å². The van der Waals surface area contributed by atoms with Crippen LogP contribution in [0.3, 0.4) is 0 Å². The molecule has 1 aromatic heterocycles. The summed E-state index contributed by atoms with van der Waals surface area (Å²) in [5, 5.41) is 1.11. The Balaban J connectivity index is 2.81. The molecule has 1 rings (SSSR count). The molecule has 0 radical (unpaired) electrons. The molecule has 5 heteroatoms. The van der Waals surface area contributed by atoms with Crippen molar-refractivity contribution in [2.24, 2.45) is 5.73 Å². The van der Waals surface area contributed by atoms with Crippen LogP contribution in [0.5, 0.6) is 0 Å². The second-order valence-electron chi connectivity index (χ2n) is 3.73. The molecular formula is C11H15Cl3N2. The van der Waals surface area contributed by atoms with Crippen LogP contribution in [0.1, 0.15) is 44.2 Å². The van der Waals surface area contributed by atoms with Crippen LogP contribution in [0.2, 0.25) is 15.2 Å². The molecule has 1 heterocycles. The molecular weight excluding hydrogens is 266 g/mol. The van der Waals surface area contributed by atoms with Crippen molar-refractivity contribution in [1.29, 1.82) is 0 Å². The van der Waals surface area contributed by atoms with Gasteiger partial charge in [-0.05, 0) is 6.42 Å². The van der Waals surface area contributed by atoms with Crippen LogP contribution in [0, 0.1) is 0 Å². The van der Waals surface area contributed by atoms with E-state index in [1.807, 2.05) is 0 Å². The van der Waals surface area contributed by atoms with Gasteiger partial charge in [0.05, 0.1) is 10.0 Å². The maximum atomic E-state index is 6.05. The molecule has 16 heavy (non-hydrogen) atoms. The van der Waals surface area contributed by atoms with Crippen LogP contribution in [0.25, 0.3) is 0 Å². The fourth-order valence-corrected chi connectivity index (χ4v) is 2.33. The van der Waals surface area contributed by atoms with E-state index in [0.717, 1.165) is 25.7 Å². The zero-order valence-corrected chi connectivity index (χ0v) is 11.4. The van der Waals surface area contributed by atoms with Gasteiger partial charge >= 0.3 is 0 Å². The number of hydrogen-bond acceptors (Lipinski definition) is 2. The van der Waals surface area contributed by atoms with Crippen LogP contribution in [0.4, 0.5) is 0 Å². The lowest BCUT2D eigenvalue weighted by atomic mass is 10.0. The van der Waals surface area contributed by atoms with Crippen LogP contribution >= 0.6 is 34.8 Å². The van der Waals surface area contributed by atoms with Gasteiger partial charge < -0.3 is 5.73 Å². The summed E-state index contributed by atoms with van der Waals surface area (Å²) in [6, 6.07) is -0.174. The number of halogens is 3. The van der Waals surface area contributed by atoms with Gasteiger partial charge in [-0.15, -0.1) is 0 Å². The first kappa shape index (κ1) is 14.0. The summed E-state index contributed by atoms with van der Waals surface area (Å²) in [7, 11) is 0. The van der Waals surface area contributed by atoms with E-state index >= 15 is 0 Å². The monoisotopic (exact) mass is 280 g/mol. The Labute approximate surface area is 111 Å². The first-order valence-corrected chi connectivity index (χ1v) is 6.46. The van der Waals surface area contributed by atoms with E-state index < -0.39 is 0 Å². The molecule has 2 nitrogen and oxygen atoms in total. The van der Waals surface area contributed by atoms with Crippen molar-refractivity contribution in [2.45, 2.75) is 38.6 Å². The zero-order chi connectivity index (χ0) is 12.1. The normalized spacial score (nSPS) is 12.8. The molecule has 0 aliphatic carbocycles. The predicted molar refractivity (Wildman–Crippen MR) is 70.3 cm³/mol. The summed E-state index contributed by atoms with van der Waals surface area (Å²) in [5.41, 5.74) is 6.76. The van der Waals surface area contributed by atoms with Crippen molar-refractivity contribution in [3.8, 4) is 0 Å². The summed E-state index contributed by atoms with van der Waals surface area (Å²) in [6.07, 6.45) is 5.72. The Morgan fingerprint density at radius 1 is 1.31 bits per heavy atom. The van der Waals surface area contributed by atoms with Gasteiger partial charge in [0, 0.05) is 17.8 Å². The van der Waals surface area contributed by atoms with Crippen molar-refractivity contribution < 1.29 is 0 Å². The van der Waals surface area contributed by atoms with E-state index in [9.17, 15) is 0 Å². The fraction of sp³-hybridized carbons (Fsp3) is 0.545. The average molecular weight is 282 g/mol. The number of nitrogens with two attached hydrogens (primary N) is 1. The molecule has 1 aromatic rings.